The van der Waals surface area contributed by atoms with E-state index in [0.29, 0.717) is 30.4 Å². The fourth-order valence-electron chi connectivity index (χ4n) is 2.25. The molecule has 0 unspecified atom stereocenters. The van der Waals surface area contributed by atoms with Gasteiger partial charge in [-0.2, -0.15) is 0 Å². The Hall–Kier alpha value is -3.35. The summed E-state index contributed by atoms with van der Waals surface area (Å²) in [6, 6.07) is 10.9. The highest BCUT2D eigenvalue weighted by molar-refractivity contribution is 5.92. The van der Waals surface area contributed by atoms with Crippen molar-refractivity contribution in [1.29, 1.82) is 0 Å². The summed E-state index contributed by atoms with van der Waals surface area (Å²) in [6.07, 6.45) is 2.86. The van der Waals surface area contributed by atoms with Gasteiger partial charge in [-0.25, -0.2) is 9.97 Å². The van der Waals surface area contributed by atoms with E-state index in [9.17, 15) is 4.79 Å². The van der Waals surface area contributed by atoms with Gasteiger partial charge in [-0.3, -0.25) is 4.79 Å². The molecule has 0 spiro atoms. The normalized spacial score (nSPS) is 10.4. The zero-order valence-electron chi connectivity index (χ0n) is 13.7. The minimum absolute atomic E-state index is 0.195. The molecule has 0 radical (unpaired) electrons. The number of carbonyl (C=O) groups is 1. The van der Waals surface area contributed by atoms with Crippen molar-refractivity contribution < 1.29 is 13.9 Å². The first-order valence-corrected chi connectivity index (χ1v) is 7.83. The van der Waals surface area contributed by atoms with Crippen LogP contribution in [-0.2, 0) is 6.54 Å². The summed E-state index contributed by atoms with van der Waals surface area (Å²) < 4.78 is 10.9. The van der Waals surface area contributed by atoms with Crippen molar-refractivity contribution in [3.8, 4) is 17.2 Å². The van der Waals surface area contributed by atoms with Gasteiger partial charge in [0.15, 0.2) is 5.69 Å². The van der Waals surface area contributed by atoms with Gasteiger partial charge in [-0.1, -0.05) is 18.2 Å². The SMILES string of the molecule is CCOc1ccccc1CNC(=O)c1coc(-c2ccc(N)nc2)n1. The highest BCUT2D eigenvalue weighted by Crippen LogP contribution is 2.19. The number of ether oxygens (including phenoxy) is 1. The molecule has 0 bridgehead atoms. The van der Waals surface area contributed by atoms with E-state index >= 15 is 0 Å². The van der Waals surface area contributed by atoms with Crippen molar-refractivity contribution >= 4 is 11.7 Å². The van der Waals surface area contributed by atoms with Crippen LogP contribution in [0.4, 0.5) is 5.82 Å². The van der Waals surface area contributed by atoms with Crippen LogP contribution < -0.4 is 15.8 Å². The van der Waals surface area contributed by atoms with Gasteiger partial charge in [0.2, 0.25) is 5.89 Å². The van der Waals surface area contributed by atoms with Crippen LogP contribution >= 0.6 is 0 Å². The van der Waals surface area contributed by atoms with Crippen LogP contribution in [0.1, 0.15) is 23.0 Å². The van der Waals surface area contributed by atoms with E-state index in [-0.39, 0.29) is 11.6 Å². The molecule has 128 valence electrons. The van der Waals surface area contributed by atoms with E-state index in [4.69, 9.17) is 14.9 Å². The lowest BCUT2D eigenvalue weighted by Gasteiger charge is -2.10. The number of rotatable bonds is 6. The average Bonchev–Trinajstić information content (AvgIpc) is 3.12. The highest BCUT2D eigenvalue weighted by Gasteiger charge is 2.14. The topological polar surface area (TPSA) is 103 Å². The number of pyridine rings is 1. The van der Waals surface area contributed by atoms with Gasteiger partial charge in [-0.05, 0) is 25.1 Å². The van der Waals surface area contributed by atoms with Crippen molar-refractivity contribution in [1.82, 2.24) is 15.3 Å². The third-order valence-electron chi connectivity index (χ3n) is 3.48. The number of oxazole rings is 1. The third kappa shape index (κ3) is 3.95. The lowest BCUT2D eigenvalue weighted by atomic mass is 10.2. The van der Waals surface area contributed by atoms with Gasteiger partial charge in [0, 0.05) is 18.3 Å². The Labute approximate surface area is 144 Å². The predicted molar refractivity (Wildman–Crippen MR) is 92.9 cm³/mol. The maximum Gasteiger partial charge on any atom is 0.273 e. The lowest BCUT2D eigenvalue weighted by molar-refractivity contribution is 0.0945. The van der Waals surface area contributed by atoms with Crippen LogP contribution in [0, 0.1) is 0 Å². The molecular formula is C18H18N4O3. The molecule has 0 aliphatic heterocycles. The molecule has 3 aromatic rings. The van der Waals surface area contributed by atoms with Crippen molar-refractivity contribution in [2.45, 2.75) is 13.5 Å². The average molecular weight is 338 g/mol. The molecule has 3 N–H and O–H groups in total. The van der Waals surface area contributed by atoms with Crippen LogP contribution in [0.5, 0.6) is 5.75 Å². The Bertz CT molecular complexity index is 859. The zero-order chi connectivity index (χ0) is 17.6. The van der Waals surface area contributed by atoms with E-state index in [0.717, 1.165) is 11.3 Å². The first kappa shape index (κ1) is 16.5. The molecule has 1 amide bonds. The highest BCUT2D eigenvalue weighted by atomic mass is 16.5. The standard InChI is InChI=1S/C18H18N4O3/c1-2-24-15-6-4-3-5-12(15)9-21-17(23)14-11-25-18(22-14)13-7-8-16(19)20-10-13/h3-8,10-11H,2,9H2,1H3,(H2,19,20)(H,21,23). The number of nitrogens with one attached hydrogen (secondary N) is 1. The van der Waals surface area contributed by atoms with Crippen LogP contribution in [0.25, 0.3) is 11.5 Å². The summed E-state index contributed by atoms with van der Waals surface area (Å²) in [5, 5.41) is 2.81. The van der Waals surface area contributed by atoms with Crippen molar-refractivity contribution in [2.24, 2.45) is 0 Å². The molecule has 2 heterocycles. The van der Waals surface area contributed by atoms with Crippen molar-refractivity contribution in [3.05, 3.63) is 60.1 Å². The molecule has 0 fully saturated rings. The number of nitrogens with zero attached hydrogens (tertiary/aromatic N) is 2. The Morgan fingerprint density at radius 2 is 2.12 bits per heavy atom. The Balaban J connectivity index is 1.67. The fourth-order valence-corrected chi connectivity index (χ4v) is 2.25. The molecule has 7 heteroatoms. The fraction of sp³-hybridized carbons (Fsp3) is 0.167. The zero-order valence-corrected chi connectivity index (χ0v) is 13.7. The Kier molecular flexibility index (Phi) is 4.94. The molecular weight excluding hydrogens is 320 g/mol. The van der Waals surface area contributed by atoms with Crippen molar-refractivity contribution in [2.75, 3.05) is 12.3 Å². The number of carbonyl (C=O) groups excluding carboxylic acids is 1. The molecule has 0 saturated carbocycles. The number of para-hydroxylation sites is 1. The van der Waals surface area contributed by atoms with E-state index < -0.39 is 0 Å². The second-order valence-corrected chi connectivity index (χ2v) is 5.23. The van der Waals surface area contributed by atoms with Gasteiger partial charge < -0.3 is 20.2 Å². The van der Waals surface area contributed by atoms with Gasteiger partial charge in [0.25, 0.3) is 5.91 Å². The van der Waals surface area contributed by atoms with E-state index in [1.165, 1.54) is 6.26 Å². The molecule has 0 atom stereocenters. The Morgan fingerprint density at radius 1 is 1.28 bits per heavy atom. The quantitative estimate of drug-likeness (QED) is 0.716. The smallest absolute Gasteiger partial charge is 0.273 e. The second-order valence-electron chi connectivity index (χ2n) is 5.23. The number of hydrogen-bond acceptors (Lipinski definition) is 6. The first-order chi connectivity index (χ1) is 12.2. The number of anilines is 1. The number of hydrogen-bond donors (Lipinski definition) is 2. The van der Waals surface area contributed by atoms with Gasteiger partial charge in [-0.15, -0.1) is 0 Å². The third-order valence-corrected chi connectivity index (χ3v) is 3.48. The summed E-state index contributed by atoms with van der Waals surface area (Å²) in [7, 11) is 0. The van der Waals surface area contributed by atoms with E-state index in [2.05, 4.69) is 15.3 Å². The number of nitrogen functional groups attached to an aromatic ring is 1. The summed E-state index contributed by atoms with van der Waals surface area (Å²) in [6.45, 7) is 2.81. The second kappa shape index (κ2) is 7.48. The van der Waals surface area contributed by atoms with Crippen molar-refractivity contribution in [3.63, 3.8) is 0 Å². The lowest BCUT2D eigenvalue weighted by Crippen LogP contribution is -2.23. The summed E-state index contributed by atoms with van der Waals surface area (Å²) in [5.74, 6) is 1.14. The van der Waals surface area contributed by atoms with Crippen LogP contribution in [0.15, 0.2) is 53.3 Å². The minimum atomic E-state index is -0.329. The molecule has 7 nitrogen and oxygen atoms in total. The monoisotopic (exact) mass is 338 g/mol. The number of amides is 1. The van der Waals surface area contributed by atoms with Gasteiger partial charge in [0.05, 0.1) is 12.2 Å². The maximum atomic E-state index is 12.3. The number of aromatic nitrogens is 2. The molecule has 0 aliphatic rings. The number of benzene rings is 1. The van der Waals surface area contributed by atoms with E-state index in [1.54, 1.807) is 18.3 Å². The maximum absolute atomic E-state index is 12.3. The molecule has 0 aliphatic carbocycles. The summed E-state index contributed by atoms with van der Waals surface area (Å²) in [5.41, 5.74) is 7.29. The van der Waals surface area contributed by atoms with Crippen LogP contribution in [0.2, 0.25) is 0 Å². The van der Waals surface area contributed by atoms with E-state index in [1.807, 2.05) is 31.2 Å². The summed E-state index contributed by atoms with van der Waals surface area (Å²) >= 11 is 0. The van der Waals surface area contributed by atoms with Gasteiger partial charge in [0.1, 0.15) is 17.8 Å². The molecule has 3 rings (SSSR count). The first-order valence-electron chi connectivity index (χ1n) is 7.83. The Morgan fingerprint density at radius 3 is 2.88 bits per heavy atom. The molecule has 1 aromatic carbocycles. The minimum Gasteiger partial charge on any atom is -0.494 e. The molecule has 2 aromatic heterocycles. The number of nitrogens with two attached hydrogens (primary N) is 1. The predicted octanol–water partition coefficient (Wildman–Crippen LogP) is 2.65. The molecule has 0 saturated heterocycles. The summed E-state index contributed by atoms with van der Waals surface area (Å²) in [4.78, 5) is 20.4. The van der Waals surface area contributed by atoms with Crippen LogP contribution in [0.3, 0.4) is 0 Å². The van der Waals surface area contributed by atoms with Crippen LogP contribution in [-0.4, -0.2) is 22.5 Å². The largest absolute Gasteiger partial charge is 0.494 e. The van der Waals surface area contributed by atoms with Gasteiger partial charge >= 0.3 is 0 Å². The molecule has 25 heavy (non-hydrogen) atoms.